The summed E-state index contributed by atoms with van der Waals surface area (Å²) in [6.45, 7) is 1.74. The van der Waals surface area contributed by atoms with Gasteiger partial charge in [-0.15, -0.1) is 0 Å². The summed E-state index contributed by atoms with van der Waals surface area (Å²) in [5.41, 5.74) is 5.44. The Labute approximate surface area is 132 Å². The van der Waals surface area contributed by atoms with Gasteiger partial charge >= 0.3 is 0 Å². The summed E-state index contributed by atoms with van der Waals surface area (Å²) in [7, 11) is -2.18. The van der Waals surface area contributed by atoms with Crippen LogP contribution in [-0.4, -0.2) is 30.8 Å². The second kappa shape index (κ2) is 6.49. The van der Waals surface area contributed by atoms with Crippen molar-refractivity contribution in [2.24, 2.45) is 5.73 Å². The van der Waals surface area contributed by atoms with E-state index in [1.807, 2.05) is 0 Å². The Morgan fingerprint density at radius 3 is 2.63 bits per heavy atom. The molecule has 0 bridgehead atoms. The first kappa shape index (κ1) is 16.8. The van der Waals surface area contributed by atoms with E-state index in [1.54, 1.807) is 19.1 Å². The lowest BCUT2D eigenvalue weighted by Gasteiger charge is -2.24. The zero-order chi connectivity index (χ0) is 14.8. The van der Waals surface area contributed by atoms with Crippen molar-refractivity contribution < 1.29 is 8.42 Å². The monoisotopic (exact) mass is 384 g/mol. The molecule has 0 aliphatic rings. The number of benzene rings is 1. The molecule has 0 heterocycles. The highest BCUT2D eigenvalue weighted by Gasteiger charge is 2.27. The van der Waals surface area contributed by atoms with Gasteiger partial charge in [-0.2, -0.15) is 4.31 Å². The molecule has 19 heavy (non-hydrogen) atoms. The van der Waals surface area contributed by atoms with E-state index in [9.17, 15) is 8.42 Å². The number of thiocarbonyl (C=S) groups is 1. The fourth-order valence-corrected chi connectivity index (χ4v) is 4.11. The summed E-state index contributed by atoms with van der Waals surface area (Å²) in [4.78, 5) is 0.339. The van der Waals surface area contributed by atoms with E-state index in [-0.39, 0.29) is 20.9 Å². The summed E-state index contributed by atoms with van der Waals surface area (Å²) in [6.07, 6.45) is 0.319. The average molecular weight is 386 g/mol. The second-order valence-corrected chi connectivity index (χ2v) is 7.93. The number of hydrogen-bond acceptors (Lipinski definition) is 3. The molecule has 1 atom stereocenters. The highest BCUT2D eigenvalue weighted by atomic mass is 79.9. The molecule has 0 saturated heterocycles. The fourth-order valence-electron chi connectivity index (χ4n) is 1.50. The van der Waals surface area contributed by atoms with Crippen LogP contribution in [0.1, 0.15) is 13.3 Å². The van der Waals surface area contributed by atoms with E-state index >= 15 is 0 Å². The molecule has 0 aliphatic heterocycles. The van der Waals surface area contributed by atoms with Gasteiger partial charge in [0.1, 0.15) is 4.90 Å². The number of sulfonamides is 1. The van der Waals surface area contributed by atoms with E-state index in [1.165, 1.54) is 17.4 Å². The molecular weight excluding hydrogens is 372 g/mol. The molecule has 0 saturated carbocycles. The Hall–Kier alpha value is -0.210. The van der Waals surface area contributed by atoms with Crippen molar-refractivity contribution in [1.29, 1.82) is 0 Å². The van der Waals surface area contributed by atoms with Crippen LogP contribution in [-0.2, 0) is 10.0 Å². The van der Waals surface area contributed by atoms with Crippen LogP contribution in [0.25, 0.3) is 0 Å². The quantitative estimate of drug-likeness (QED) is 0.792. The van der Waals surface area contributed by atoms with Gasteiger partial charge < -0.3 is 5.73 Å². The number of hydrogen-bond donors (Lipinski definition) is 1. The van der Waals surface area contributed by atoms with Crippen LogP contribution in [0.5, 0.6) is 0 Å². The van der Waals surface area contributed by atoms with Crippen molar-refractivity contribution in [2.45, 2.75) is 24.3 Å². The molecule has 0 radical (unpaired) electrons. The molecule has 1 unspecified atom stereocenters. The maximum Gasteiger partial charge on any atom is 0.244 e. The van der Waals surface area contributed by atoms with E-state index in [4.69, 9.17) is 29.6 Å². The topological polar surface area (TPSA) is 63.4 Å². The van der Waals surface area contributed by atoms with Gasteiger partial charge in [0, 0.05) is 24.0 Å². The molecular formula is C11H14BrClN2O2S2. The number of rotatable bonds is 5. The van der Waals surface area contributed by atoms with Crippen molar-refractivity contribution in [3.8, 4) is 0 Å². The van der Waals surface area contributed by atoms with Crippen molar-refractivity contribution in [1.82, 2.24) is 4.31 Å². The Morgan fingerprint density at radius 1 is 1.58 bits per heavy atom. The van der Waals surface area contributed by atoms with Gasteiger partial charge in [-0.05, 0) is 25.1 Å². The van der Waals surface area contributed by atoms with Crippen molar-refractivity contribution >= 4 is 54.8 Å². The molecule has 0 aromatic heterocycles. The molecule has 106 valence electrons. The maximum atomic E-state index is 12.4. The first-order valence-electron chi connectivity index (χ1n) is 5.37. The van der Waals surface area contributed by atoms with Crippen LogP contribution in [0.3, 0.4) is 0 Å². The predicted molar refractivity (Wildman–Crippen MR) is 85.0 cm³/mol. The third-order valence-corrected chi connectivity index (χ3v) is 5.78. The molecule has 0 amide bonds. The maximum absolute atomic E-state index is 12.4. The van der Waals surface area contributed by atoms with E-state index in [0.717, 1.165) is 4.47 Å². The van der Waals surface area contributed by atoms with Crippen molar-refractivity contribution in [3.63, 3.8) is 0 Å². The Balaban J connectivity index is 3.13. The lowest BCUT2D eigenvalue weighted by atomic mass is 10.2. The Kier molecular flexibility index (Phi) is 5.76. The summed E-state index contributed by atoms with van der Waals surface area (Å²) < 4.78 is 26.8. The lowest BCUT2D eigenvalue weighted by Crippen LogP contribution is -2.37. The van der Waals surface area contributed by atoms with Crippen LogP contribution in [0, 0.1) is 0 Å². The highest BCUT2D eigenvalue weighted by molar-refractivity contribution is 9.10. The third kappa shape index (κ3) is 4.13. The molecule has 1 rings (SSSR count). The third-order valence-electron chi connectivity index (χ3n) is 2.67. The van der Waals surface area contributed by atoms with Crippen molar-refractivity contribution in [3.05, 3.63) is 27.7 Å². The summed E-state index contributed by atoms with van der Waals surface area (Å²) in [6, 6.07) is 4.30. The minimum Gasteiger partial charge on any atom is -0.393 e. The predicted octanol–water partition coefficient (Wildman–Crippen LogP) is 2.79. The van der Waals surface area contributed by atoms with Crippen LogP contribution in [0.15, 0.2) is 27.6 Å². The standard InChI is InChI=1S/C11H14BrClN2O2S2/c1-7(5-11(14)18)15(2)19(16,17)10-4-3-8(12)6-9(10)13/h3-4,6-7H,5H2,1-2H3,(H2,14,18). The van der Waals surface area contributed by atoms with Gasteiger partial charge in [0.15, 0.2) is 0 Å². The van der Waals surface area contributed by atoms with E-state index in [0.29, 0.717) is 6.42 Å². The average Bonchev–Trinajstić information content (AvgIpc) is 2.26. The molecule has 2 N–H and O–H groups in total. The Morgan fingerprint density at radius 2 is 2.16 bits per heavy atom. The van der Waals surface area contributed by atoms with Crippen LogP contribution >= 0.6 is 39.7 Å². The molecule has 4 nitrogen and oxygen atoms in total. The number of nitrogens with zero attached hydrogens (tertiary/aromatic N) is 1. The van der Waals surface area contributed by atoms with Gasteiger partial charge in [0.2, 0.25) is 10.0 Å². The van der Waals surface area contributed by atoms with Gasteiger partial charge in [-0.1, -0.05) is 39.7 Å². The molecule has 0 fully saturated rings. The highest BCUT2D eigenvalue weighted by Crippen LogP contribution is 2.28. The zero-order valence-corrected chi connectivity index (χ0v) is 14.4. The van der Waals surface area contributed by atoms with Gasteiger partial charge in [0.05, 0.1) is 10.0 Å². The smallest absolute Gasteiger partial charge is 0.244 e. The minimum absolute atomic E-state index is 0.0645. The zero-order valence-electron chi connectivity index (χ0n) is 10.4. The first-order valence-corrected chi connectivity index (χ1v) is 8.39. The molecule has 1 aromatic carbocycles. The second-order valence-electron chi connectivity index (χ2n) is 4.12. The molecule has 0 spiro atoms. The summed E-state index contributed by atoms with van der Waals surface area (Å²) >= 11 is 14.0. The van der Waals surface area contributed by atoms with Gasteiger partial charge in [-0.25, -0.2) is 8.42 Å². The largest absolute Gasteiger partial charge is 0.393 e. The summed E-state index contributed by atoms with van der Waals surface area (Å²) in [5.74, 6) is 0. The van der Waals surface area contributed by atoms with Crippen LogP contribution in [0.2, 0.25) is 5.02 Å². The minimum atomic E-state index is -3.67. The van der Waals surface area contributed by atoms with Gasteiger partial charge in [-0.3, -0.25) is 0 Å². The first-order chi connectivity index (χ1) is 8.66. The van der Waals surface area contributed by atoms with E-state index < -0.39 is 10.0 Å². The molecule has 8 heteroatoms. The fraction of sp³-hybridized carbons (Fsp3) is 0.364. The number of nitrogens with two attached hydrogens (primary N) is 1. The SMILES string of the molecule is CC(CC(N)=S)N(C)S(=O)(=O)c1ccc(Br)cc1Cl. The summed E-state index contributed by atoms with van der Waals surface area (Å²) in [5, 5.41) is 0.170. The molecule has 1 aromatic rings. The van der Waals surface area contributed by atoms with E-state index in [2.05, 4.69) is 15.9 Å². The normalized spacial score (nSPS) is 13.5. The lowest BCUT2D eigenvalue weighted by molar-refractivity contribution is 0.397. The molecule has 0 aliphatic carbocycles. The van der Waals surface area contributed by atoms with Crippen LogP contribution in [0.4, 0.5) is 0 Å². The number of halogens is 2. The Bertz CT molecular complexity index is 592. The van der Waals surface area contributed by atoms with Gasteiger partial charge in [0.25, 0.3) is 0 Å². The van der Waals surface area contributed by atoms with Crippen LogP contribution < -0.4 is 5.73 Å². The van der Waals surface area contributed by atoms with Crippen molar-refractivity contribution in [2.75, 3.05) is 7.05 Å².